The number of fused-ring (bicyclic) bond motifs is 1. The van der Waals surface area contributed by atoms with Gasteiger partial charge in [-0.25, -0.2) is 4.79 Å². The van der Waals surface area contributed by atoms with Crippen LogP contribution in [0.1, 0.15) is 46.0 Å². The molecule has 7 nitrogen and oxygen atoms in total. The minimum absolute atomic E-state index is 0.0625. The molecule has 1 fully saturated rings. The molecule has 0 N–H and O–H groups in total. The van der Waals surface area contributed by atoms with Crippen LogP contribution in [0.3, 0.4) is 0 Å². The molecule has 0 bridgehead atoms. The van der Waals surface area contributed by atoms with Crippen LogP contribution in [-0.4, -0.2) is 43.8 Å². The van der Waals surface area contributed by atoms with E-state index in [2.05, 4.69) is 0 Å². The Kier molecular flexibility index (Phi) is 7.74. The topological polar surface area (TPSA) is 80.3 Å². The van der Waals surface area contributed by atoms with Crippen LogP contribution in [-0.2, 0) is 23.8 Å². The minimum Gasteiger partial charge on any atom is -0.497 e. The zero-order chi connectivity index (χ0) is 21.5. The molecule has 4 unspecified atom stereocenters. The van der Waals surface area contributed by atoms with E-state index >= 15 is 0 Å². The largest absolute Gasteiger partial charge is 0.497 e. The molecule has 0 amide bonds. The fourth-order valence-electron chi connectivity index (χ4n) is 3.68. The Balaban J connectivity index is 1.52. The lowest BCUT2D eigenvalue weighted by Crippen LogP contribution is -2.43. The number of ketones is 1. The smallest absolute Gasteiger partial charge is 0.334 e. The van der Waals surface area contributed by atoms with E-state index in [0.717, 1.165) is 12.8 Å². The van der Waals surface area contributed by atoms with Gasteiger partial charge >= 0.3 is 5.97 Å². The Morgan fingerprint density at radius 3 is 2.63 bits per heavy atom. The lowest BCUT2D eigenvalue weighted by molar-refractivity contribution is -0.164. The number of carbonyl (C=O) groups excluding carboxylic acids is 2. The summed E-state index contributed by atoms with van der Waals surface area (Å²) in [5.41, 5.74) is 0. The van der Waals surface area contributed by atoms with E-state index in [9.17, 15) is 9.59 Å². The summed E-state index contributed by atoms with van der Waals surface area (Å²) in [4.78, 5) is 24.9. The van der Waals surface area contributed by atoms with Gasteiger partial charge in [0.05, 0.1) is 25.7 Å². The van der Waals surface area contributed by atoms with E-state index in [4.69, 9.17) is 23.7 Å². The number of esters is 1. The molecular formula is C23H30O7. The second kappa shape index (κ2) is 10.5. The van der Waals surface area contributed by atoms with E-state index < -0.39 is 6.10 Å². The molecule has 0 aromatic heterocycles. The predicted molar refractivity (Wildman–Crippen MR) is 109 cm³/mol. The number of benzene rings is 1. The maximum Gasteiger partial charge on any atom is 0.334 e. The number of rotatable bonds is 9. The van der Waals surface area contributed by atoms with Crippen molar-refractivity contribution >= 4 is 11.8 Å². The fraction of sp³-hybridized carbons (Fsp3) is 0.565. The molecule has 2 aliphatic rings. The van der Waals surface area contributed by atoms with Crippen molar-refractivity contribution in [3.8, 4) is 11.5 Å². The summed E-state index contributed by atoms with van der Waals surface area (Å²) in [6.45, 7) is 4.16. The first-order valence-corrected chi connectivity index (χ1v) is 10.6. The third-order valence-corrected chi connectivity index (χ3v) is 5.43. The van der Waals surface area contributed by atoms with Crippen LogP contribution in [0.5, 0.6) is 11.5 Å². The van der Waals surface area contributed by atoms with Gasteiger partial charge in [0, 0.05) is 6.42 Å². The van der Waals surface area contributed by atoms with Crippen LogP contribution in [0, 0.1) is 5.92 Å². The highest BCUT2D eigenvalue weighted by atomic mass is 16.6. The van der Waals surface area contributed by atoms with Gasteiger partial charge in [-0.05, 0) is 50.5 Å². The molecule has 0 radical (unpaired) electrons. The summed E-state index contributed by atoms with van der Waals surface area (Å²) < 4.78 is 27.7. The maximum absolute atomic E-state index is 12.9. The molecule has 0 saturated heterocycles. The molecule has 1 aromatic carbocycles. The summed E-state index contributed by atoms with van der Waals surface area (Å²) in [6, 6.07) is 7.02. The first-order valence-electron chi connectivity index (χ1n) is 10.6. The Labute approximate surface area is 177 Å². The molecule has 1 saturated carbocycles. The van der Waals surface area contributed by atoms with Crippen molar-refractivity contribution in [2.75, 3.05) is 13.7 Å². The maximum atomic E-state index is 12.9. The molecule has 1 aliphatic heterocycles. The molecule has 164 valence electrons. The summed E-state index contributed by atoms with van der Waals surface area (Å²) in [6.07, 6.45) is 3.99. The highest BCUT2D eigenvalue weighted by Crippen LogP contribution is 2.35. The van der Waals surface area contributed by atoms with Crippen LogP contribution < -0.4 is 9.47 Å². The highest BCUT2D eigenvalue weighted by Gasteiger charge is 2.42. The molecule has 4 atom stereocenters. The Morgan fingerprint density at radius 1 is 1.20 bits per heavy atom. The molecular weight excluding hydrogens is 388 g/mol. The fourth-order valence-corrected chi connectivity index (χ4v) is 3.68. The second-order valence-electron chi connectivity index (χ2n) is 7.64. The van der Waals surface area contributed by atoms with Crippen LogP contribution in [0.4, 0.5) is 0 Å². The zero-order valence-corrected chi connectivity index (χ0v) is 17.8. The monoisotopic (exact) mass is 418 g/mol. The van der Waals surface area contributed by atoms with Crippen LogP contribution >= 0.6 is 0 Å². The SMILES string of the molecule is CCCCOC(=O)C(C)OC1CCC2C(=O)C(Oc3ccc(OC)cc3)=COC2C1. The summed E-state index contributed by atoms with van der Waals surface area (Å²) in [5.74, 6) is 0.784. The van der Waals surface area contributed by atoms with Crippen LogP contribution in [0.15, 0.2) is 36.3 Å². The van der Waals surface area contributed by atoms with Gasteiger partial charge in [-0.2, -0.15) is 0 Å². The first-order chi connectivity index (χ1) is 14.5. The molecule has 30 heavy (non-hydrogen) atoms. The van der Waals surface area contributed by atoms with Gasteiger partial charge in [0.2, 0.25) is 11.5 Å². The van der Waals surface area contributed by atoms with Crippen LogP contribution in [0.25, 0.3) is 0 Å². The van der Waals surface area contributed by atoms with Crippen molar-refractivity contribution in [2.24, 2.45) is 5.92 Å². The van der Waals surface area contributed by atoms with E-state index in [1.807, 2.05) is 6.92 Å². The van der Waals surface area contributed by atoms with Crippen molar-refractivity contribution in [3.63, 3.8) is 0 Å². The number of ether oxygens (including phenoxy) is 5. The number of Topliss-reactive ketones (excluding diaryl/α,β-unsaturated/α-hetero) is 1. The first kappa shape index (κ1) is 22.2. The van der Waals surface area contributed by atoms with Gasteiger partial charge in [-0.1, -0.05) is 13.3 Å². The van der Waals surface area contributed by atoms with Crippen molar-refractivity contribution < 1.29 is 33.3 Å². The zero-order valence-electron chi connectivity index (χ0n) is 17.8. The Bertz CT molecular complexity index is 755. The average molecular weight is 418 g/mol. The van der Waals surface area contributed by atoms with E-state index in [0.29, 0.717) is 37.4 Å². The summed E-state index contributed by atoms with van der Waals surface area (Å²) in [5, 5.41) is 0. The molecule has 7 heteroatoms. The second-order valence-corrected chi connectivity index (χ2v) is 7.64. The van der Waals surface area contributed by atoms with Crippen LogP contribution in [0.2, 0.25) is 0 Å². The summed E-state index contributed by atoms with van der Waals surface area (Å²) >= 11 is 0. The van der Waals surface area contributed by atoms with Gasteiger partial charge in [0.15, 0.2) is 6.10 Å². The average Bonchev–Trinajstić information content (AvgIpc) is 2.76. The third-order valence-electron chi connectivity index (χ3n) is 5.43. The lowest BCUT2D eigenvalue weighted by Gasteiger charge is -2.37. The van der Waals surface area contributed by atoms with Gasteiger partial charge in [0.25, 0.3) is 0 Å². The number of unbranched alkanes of at least 4 members (excludes halogenated alkanes) is 1. The molecule has 1 aromatic rings. The summed E-state index contributed by atoms with van der Waals surface area (Å²) in [7, 11) is 1.59. The third kappa shape index (κ3) is 5.53. The van der Waals surface area contributed by atoms with Gasteiger partial charge in [-0.15, -0.1) is 0 Å². The van der Waals surface area contributed by atoms with Gasteiger partial charge in [-0.3, -0.25) is 4.79 Å². The standard InChI is InChI=1S/C23H30O7/c1-4-5-12-27-23(25)15(2)29-18-10-11-19-20(13-18)28-14-21(22(19)24)30-17-8-6-16(26-3)7-9-17/h6-9,14-15,18-20H,4-5,10-13H2,1-3H3. The molecule has 1 heterocycles. The molecule has 1 aliphatic carbocycles. The number of methoxy groups -OCH3 is 1. The van der Waals surface area contributed by atoms with Crippen molar-refractivity contribution in [1.82, 2.24) is 0 Å². The van der Waals surface area contributed by atoms with E-state index in [1.54, 1.807) is 38.3 Å². The lowest BCUT2D eigenvalue weighted by atomic mass is 9.80. The Hall–Kier alpha value is -2.54. The predicted octanol–water partition coefficient (Wildman–Crippen LogP) is 3.80. The van der Waals surface area contributed by atoms with Crippen molar-refractivity contribution in [2.45, 2.75) is 64.3 Å². The van der Waals surface area contributed by atoms with E-state index in [-0.39, 0.29) is 35.6 Å². The van der Waals surface area contributed by atoms with Gasteiger partial charge < -0.3 is 23.7 Å². The molecule has 0 spiro atoms. The molecule has 3 rings (SSSR count). The number of allylic oxidation sites excluding steroid dienone is 1. The van der Waals surface area contributed by atoms with Crippen molar-refractivity contribution in [3.05, 3.63) is 36.3 Å². The number of carbonyl (C=O) groups is 2. The van der Waals surface area contributed by atoms with Crippen molar-refractivity contribution in [1.29, 1.82) is 0 Å². The number of hydrogen-bond acceptors (Lipinski definition) is 7. The quantitative estimate of drug-likeness (QED) is 0.446. The normalized spacial score (nSPS) is 24.2. The highest BCUT2D eigenvalue weighted by molar-refractivity contribution is 5.96. The van der Waals surface area contributed by atoms with Gasteiger partial charge in [0.1, 0.15) is 23.9 Å². The Morgan fingerprint density at radius 2 is 1.93 bits per heavy atom. The number of hydrogen-bond donors (Lipinski definition) is 0. The van der Waals surface area contributed by atoms with E-state index in [1.165, 1.54) is 6.26 Å². The minimum atomic E-state index is -0.632.